The van der Waals surface area contributed by atoms with E-state index < -0.39 is 16.6 Å². The van der Waals surface area contributed by atoms with Crippen LogP contribution >= 0.6 is 0 Å². The predicted octanol–water partition coefficient (Wildman–Crippen LogP) is 1.93. The minimum absolute atomic E-state index is 0.0115. The molecule has 3 aliphatic heterocycles. The lowest BCUT2D eigenvalue weighted by atomic mass is 10.1. The van der Waals surface area contributed by atoms with Crippen LogP contribution in [0.25, 0.3) is 0 Å². The SMILES string of the molecule is CN(C(=O)OC(C)(C)C)C1CN(C2=Nc3ccc([N+](=O)[O-])cc3N3CC(=O)N=C23)C1. The van der Waals surface area contributed by atoms with Gasteiger partial charge in [0, 0.05) is 32.3 Å². The van der Waals surface area contributed by atoms with E-state index >= 15 is 0 Å². The van der Waals surface area contributed by atoms with Gasteiger partial charge in [0.05, 0.1) is 22.3 Å². The fraction of sp³-hybridized carbons (Fsp3) is 0.474. The smallest absolute Gasteiger partial charge is 0.410 e. The van der Waals surface area contributed by atoms with Crippen molar-refractivity contribution in [2.24, 2.45) is 9.98 Å². The van der Waals surface area contributed by atoms with Crippen LogP contribution in [-0.4, -0.2) is 76.7 Å². The number of hydrogen-bond acceptors (Lipinski definition) is 8. The predicted molar refractivity (Wildman–Crippen MR) is 109 cm³/mol. The van der Waals surface area contributed by atoms with Crippen molar-refractivity contribution in [1.29, 1.82) is 0 Å². The summed E-state index contributed by atoms with van der Waals surface area (Å²) in [5, 5.41) is 11.1. The number of carbonyl (C=O) groups is 2. The summed E-state index contributed by atoms with van der Waals surface area (Å²) in [6.45, 7) is 6.48. The number of carbonyl (C=O) groups excluding carboxylic acids is 2. The van der Waals surface area contributed by atoms with Gasteiger partial charge < -0.3 is 19.4 Å². The quantitative estimate of drug-likeness (QED) is 0.535. The first kappa shape index (κ1) is 19.8. The standard InChI is InChI=1S/C19H22N6O5/c1-19(2,3)30-18(27)22(4)12-8-23(9-12)16-17-21-15(26)10-24(17)14-7-11(25(28)29)5-6-13(14)20-16/h5-7,12H,8-10H2,1-4H3. The highest BCUT2D eigenvalue weighted by atomic mass is 16.6. The normalized spacial score (nSPS) is 18.2. The van der Waals surface area contributed by atoms with Gasteiger partial charge in [-0.1, -0.05) is 0 Å². The number of likely N-dealkylation sites (tertiary alicyclic amines) is 1. The lowest BCUT2D eigenvalue weighted by Crippen LogP contribution is -2.64. The largest absolute Gasteiger partial charge is 0.444 e. The summed E-state index contributed by atoms with van der Waals surface area (Å²) in [5.74, 6) is 0.572. The fourth-order valence-electron chi connectivity index (χ4n) is 3.46. The second-order valence-corrected chi connectivity index (χ2v) is 8.43. The van der Waals surface area contributed by atoms with Crippen LogP contribution in [0.5, 0.6) is 0 Å². The first-order chi connectivity index (χ1) is 14.0. The molecule has 158 valence electrons. The molecule has 0 bridgehead atoms. The van der Waals surface area contributed by atoms with Crippen LogP contribution in [0, 0.1) is 10.1 Å². The number of rotatable bonds is 2. The van der Waals surface area contributed by atoms with Crippen LogP contribution in [0.3, 0.4) is 0 Å². The van der Waals surface area contributed by atoms with Crippen molar-refractivity contribution in [2.45, 2.75) is 32.4 Å². The number of anilines is 1. The molecule has 0 spiro atoms. The number of ether oxygens (including phenoxy) is 1. The van der Waals surface area contributed by atoms with E-state index in [1.165, 1.54) is 12.1 Å². The summed E-state index contributed by atoms with van der Waals surface area (Å²) >= 11 is 0. The lowest BCUT2D eigenvalue weighted by Gasteiger charge is -2.46. The van der Waals surface area contributed by atoms with E-state index in [2.05, 4.69) is 9.98 Å². The molecule has 1 aromatic carbocycles. The molecule has 30 heavy (non-hydrogen) atoms. The Bertz CT molecular complexity index is 1010. The number of amides is 2. The van der Waals surface area contributed by atoms with Crippen LogP contribution in [0.4, 0.5) is 21.9 Å². The molecule has 0 unspecified atom stereocenters. The Morgan fingerprint density at radius 3 is 2.60 bits per heavy atom. The molecule has 1 fully saturated rings. The molecule has 11 heteroatoms. The summed E-state index contributed by atoms with van der Waals surface area (Å²) in [5.41, 5.74) is 0.372. The zero-order valence-corrected chi connectivity index (χ0v) is 17.2. The summed E-state index contributed by atoms with van der Waals surface area (Å²) in [6, 6.07) is 4.29. The van der Waals surface area contributed by atoms with Crippen molar-refractivity contribution in [2.75, 3.05) is 31.6 Å². The number of aliphatic imine (C=N–C) groups is 2. The molecule has 0 radical (unpaired) electrons. The number of nitrogens with zero attached hydrogens (tertiary/aromatic N) is 6. The van der Waals surface area contributed by atoms with Crippen molar-refractivity contribution in [3.05, 3.63) is 28.3 Å². The van der Waals surface area contributed by atoms with Crippen molar-refractivity contribution >= 4 is 40.7 Å². The third-order valence-corrected chi connectivity index (χ3v) is 5.06. The van der Waals surface area contributed by atoms with Gasteiger partial charge in [-0.25, -0.2) is 9.79 Å². The summed E-state index contributed by atoms with van der Waals surface area (Å²) in [4.78, 5) is 48.7. The molecule has 11 nitrogen and oxygen atoms in total. The maximum atomic E-state index is 12.3. The van der Waals surface area contributed by atoms with Crippen LogP contribution in [-0.2, 0) is 9.53 Å². The number of nitro benzene ring substituents is 1. The van der Waals surface area contributed by atoms with E-state index in [4.69, 9.17) is 4.74 Å². The van der Waals surface area contributed by atoms with Crippen molar-refractivity contribution in [1.82, 2.24) is 9.80 Å². The van der Waals surface area contributed by atoms with E-state index in [1.807, 2.05) is 25.7 Å². The Morgan fingerprint density at radius 2 is 1.97 bits per heavy atom. The molecule has 0 saturated carbocycles. The Kier molecular flexibility index (Phi) is 4.48. The Labute approximate surface area is 172 Å². The highest BCUT2D eigenvalue weighted by Crippen LogP contribution is 2.38. The molecule has 3 heterocycles. The van der Waals surface area contributed by atoms with Crippen LogP contribution in [0.2, 0.25) is 0 Å². The van der Waals surface area contributed by atoms with Gasteiger partial charge in [0.15, 0.2) is 11.7 Å². The van der Waals surface area contributed by atoms with Crippen molar-refractivity contribution in [3.63, 3.8) is 0 Å². The molecule has 0 aromatic heterocycles. The van der Waals surface area contributed by atoms with Crippen LogP contribution < -0.4 is 4.90 Å². The number of hydrogen-bond donors (Lipinski definition) is 0. The van der Waals surface area contributed by atoms with Gasteiger partial charge in [-0.3, -0.25) is 14.9 Å². The Hall–Kier alpha value is -3.50. The van der Waals surface area contributed by atoms with Gasteiger partial charge in [-0.05, 0) is 26.8 Å². The molecule has 2 amide bonds. The molecule has 4 rings (SSSR count). The van der Waals surface area contributed by atoms with Gasteiger partial charge in [-0.15, -0.1) is 0 Å². The molecular formula is C19H22N6O5. The van der Waals surface area contributed by atoms with Gasteiger partial charge in [0.25, 0.3) is 11.6 Å². The second-order valence-electron chi connectivity index (χ2n) is 8.43. The van der Waals surface area contributed by atoms with E-state index in [-0.39, 0.29) is 24.2 Å². The third-order valence-electron chi connectivity index (χ3n) is 5.06. The number of fused-ring (bicyclic) bond motifs is 3. The zero-order chi connectivity index (χ0) is 21.8. The summed E-state index contributed by atoms with van der Waals surface area (Å²) < 4.78 is 5.40. The molecule has 0 N–H and O–H groups in total. The van der Waals surface area contributed by atoms with Crippen molar-refractivity contribution < 1.29 is 19.2 Å². The first-order valence-corrected chi connectivity index (χ1v) is 9.51. The number of non-ortho nitro benzene ring substituents is 1. The van der Waals surface area contributed by atoms with Crippen LogP contribution in [0.1, 0.15) is 20.8 Å². The lowest BCUT2D eigenvalue weighted by molar-refractivity contribution is -0.384. The van der Waals surface area contributed by atoms with Gasteiger partial charge >= 0.3 is 6.09 Å². The third kappa shape index (κ3) is 3.46. The second kappa shape index (κ2) is 6.78. The number of likely N-dealkylation sites (N-methyl/N-ethyl adjacent to an activating group) is 1. The highest BCUT2D eigenvalue weighted by Gasteiger charge is 2.42. The minimum Gasteiger partial charge on any atom is -0.444 e. The minimum atomic E-state index is -0.575. The van der Waals surface area contributed by atoms with E-state index in [9.17, 15) is 19.7 Å². The summed E-state index contributed by atoms with van der Waals surface area (Å²) in [6.07, 6.45) is -0.398. The number of nitro groups is 1. The first-order valence-electron chi connectivity index (χ1n) is 9.51. The van der Waals surface area contributed by atoms with Gasteiger partial charge in [-0.2, -0.15) is 4.99 Å². The molecule has 1 saturated heterocycles. The maximum Gasteiger partial charge on any atom is 0.410 e. The fourth-order valence-corrected chi connectivity index (χ4v) is 3.46. The van der Waals surface area contributed by atoms with Gasteiger partial charge in [0.2, 0.25) is 0 Å². The molecule has 0 atom stereocenters. The monoisotopic (exact) mass is 414 g/mol. The van der Waals surface area contributed by atoms with Crippen LogP contribution in [0.15, 0.2) is 28.2 Å². The van der Waals surface area contributed by atoms with Crippen molar-refractivity contribution in [3.8, 4) is 0 Å². The zero-order valence-electron chi connectivity index (χ0n) is 17.2. The maximum absolute atomic E-state index is 12.3. The highest BCUT2D eigenvalue weighted by molar-refractivity contribution is 6.50. The number of benzene rings is 1. The van der Waals surface area contributed by atoms with E-state index in [0.717, 1.165) is 0 Å². The van der Waals surface area contributed by atoms with Gasteiger partial charge in [0.1, 0.15) is 12.1 Å². The van der Waals surface area contributed by atoms with E-state index in [0.29, 0.717) is 36.1 Å². The molecule has 1 aromatic rings. The molecule has 0 aliphatic carbocycles. The van der Waals surface area contributed by atoms with E-state index in [1.54, 1.807) is 22.9 Å². The number of amidine groups is 2. The molecular weight excluding hydrogens is 392 g/mol. The average Bonchev–Trinajstić information content (AvgIpc) is 3.00. The Morgan fingerprint density at radius 1 is 1.27 bits per heavy atom. The summed E-state index contributed by atoms with van der Waals surface area (Å²) in [7, 11) is 1.69. The topological polar surface area (TPSA) is 121 Å². The Balaban J connectivity index is 1.55. The average molecular weight is 414 g/mol. The molecule has 3 aliphatic rings.